The summed E-state index contributed by atoms with van der Waals surface area (Å²) < 4.78 is 39.2. The molecule has 0 spiro atoms. The van der Waals surface area contributed by atoms with Crippen LogP contribution in [0.3, 0.4) is 0 Å². The van der Waals surface area contributed by atoms with Crippen LogP contribution in [0.15, 0.2) is 51.8 Å². The Kier molecular flexibility index (Phi) is 8.15. The quantitative estimate of drug-likeness (QED) is 0.393. The van der Waals surface area contributed by atoms with Crippen LogP contribution in [0.5, 0.6) is 5.75 Å². The summed E-state index contributed by atoms with van der Waals surface area (Å²) in [6.45, 7) is 6.85. The smallest absolute Gasteiger partial charge is 0.291 e. The molecule has 1 aromatic heterocycles. The van der Waals surface area contributed by atoms with Crippen LogP contribution in [0.25, 0.3) is 11.0 Å². The number of nitrogens with zero attached hydrogens (tertiary/aromatic N) is 1. The maximum absolute atomic E-state index is 13.3. The molecular weight excluding hydrogens is 440 g/mol. The monoisotopic (exact) mass is 472 g/mol. The molecular formula is C25H32N2O5S. The van der Waals surface area contributed by atoms with Gasteiger partial charge >= 0.3 is 0 Å². The summed E-state index contributed by atoms with van der Waals surface area (Å²) in [5, 5.41) is 3.42. The zero-order valence-electron chi connectivity index (χ0n) is 19.7. The number of ether oxygens (including phenoxy) is 1. The molecule has 0 aliphatic carbocycles. The summed E-state index contributed by atoms with van der Waals surface area (Å²) in [5.41, 5.74) is 1.67. The molecule has 0 fully saturated rings. The van der Waals surface area contributed by atoms with Crippen molar-refractivity contribution in [2.45, 2.75) is 51.3 Å². The van der Waals surface area contributed by atoms with Gasteiger partial charge in [0.15, 0.2) is 5.76 Å². The third-order valence-corrected chi connectivity index (χ3v) is 7.52. The predicted molar refractivity (Wildman–Crippen MR) is 130 cm³/mol. The number of rotatable bonds is 11. The summed E-state index contributed by atoms with van der Waals surface area (Å²) >= 11 is 0. The van der Waals surface area contributed by atoms with Gasteiger partial charge in [0.25, 0.3) is 5.91 Å². The molecule has 33 heavy (non-hydrogen) atoms. The lowest BCUT2D eigenvalue weighted by Gasteiger charge is -2.22. The van der Waals surface area contributed by atoms with Gasteiger partial charge in [-0.1, -0.05) is 26.7 Å². The first-order valence-electron chi connectivity index (χ1n) is 11.3. The largest absolute Gasteiger partial charge is 0.497 e. The third kappa shape index (κ3) is 5.57. The van der Waals surface area contributed by atoms with Crippen molar-refractivity contribution in [2.75, 3.05) is 25.5 Å². The molecule has 7 nitrogen and oxygen atoms in total. The Morgan fingerprint density at radius 3 is 2.24 bits per heavy atom. The molecule has 1 heterocycles. The van der Waals surface area contributed by atoms with Crippen LogP contribution >= 0.6 is 0 Å². The van der Waals surface area contributed by atoms with Gasteiger partial charge in [-0.3, -0.25) is 4.79 Å². The average Bonchev–Trinajstić information content (AvgIpc) is 3.15. The van der Waals surface area contributed by atoms with E-state index in [-0.39, 0.29) is 10.7 Å². The molecule has 0 aliphatic rings. The number of carbonyl (C=O) groups is 1. The maximum Gasteiger partial charge on any atom is 0.291 e. The first-order valence-corrected chi connectivity index (χ1v) is 12.7. The Labute approximate surface area is 195 Å². The van der Waals surface area contributed by atoms with Gasteiger partial charge in [0.1, 0.15) is 11.3 Å². The molecule has 0 aliphatic heterocycles. The minimum absolute atomic E-state index is 0.157. The molecule has 3 rings (SSSR count). The van der Waals surface area contributed by atoms with E-state index in [4.69, 9.17) is 9.15 Å². The van der Waals surface area contributed by atoms with Gasteiger partial charge in [0.05, 0.1) is 12.0 Å². The van der Waals surface area contributed by atoms with Gasteiger partial charge < -0.3 is 14.5 Å². The number of fused-ring (bicyclic) bond motifs is 1. The van der Waals surface area contributed by atoms with E-state index >= 15 is 0 Å². The van der Waals surface area contributed by atoms with E-state index in [1.54, 1.807) is 60.8 Å². The number of sulfonamides is 1. The van der Waals surface area contributed by atoms with Gasteiger partial charge in [-0.2, -0.15) is 4.31 Å². The molecule has 0 atom stereocenters. The number of aryl methyl sites for hydroxylation is 1. The number of methoxy groups -OCH3 is 1. The van der Waals surface area contributed by atoms with Crippen molar-refractivity contribution >= 4 is 32.6 Å². The average molecular weight is 473 g/mol. The lowest BCUT2D eigenvalue weighted by Crippen LogP contribution is -2.33. The first kappa shape index (κ1) is 24.8. The van der Waals surface area contributed by atoms with Gasteiger partial charge in [-0.15, -0.1) is 0 Å². The number of unbranched alkanes of at least 4 members (excludes halogenated alkanes) is 2. The van der Waals surface area contributed by atoms with Crippen molar-refractivity contribution < 1.29 is 22.4 Å². The van der Waals surface area contributed by atoms with Crippen LogP contribution in [-0.4, -0.2) is 38.8 Å². The number of amides is 1. The van der Waals surface area contributed by atoms with Crippen molar-refractivity contribution in [1.29, 1.82) is 0 Å². The van der Waals surface area contributed by atoms with Crippen LogP contribution in [0.2, 0.25) is 0 Å². The van der Waals surface area contributed by atoms with E-state index in [9.17, 15) is 13.2 Å². The van der Waals surface area contributed by atoms with Crippen molar-refractivity contribution in [2.24, 2.45) is 0 Å². The first-order chi connectivity index (χ1) is 15.8. The molecule has 0 saturated heterocycles. The molecule has 178 valence electrons. The van der Waals surface area contributed by atoms with Crippen molar-refractivity contribution in [1.82, 2.24) is 4.31 Å². The van der Waals surface area contributed by atoms with E-state index in [0.29, 0.717) is 41.1 Å². The third-order valence-electron chi connectivity index (χ3n) is 5.62. The van der Waals surface area contributed by atoms with E-state index < -0.39 is 15.9 Å². The number of anilines is 1. The Bertz CT molecular complexity index is 1190. The minimum Gasteiger partial charge on any atom is -0.497 e. The summed E-state index contributed by atoms with van der Waals surface area (Å²) in [4.78, 5) is 13.0. The fraction of sp³-hybridized carbons (Fsp3) is 0.400. The second-order valence-corrected chi connectivity index (χ2v) is 9.95. The normalized spacial score (nSPS) is 11.8. The number of hydrogen-bond acceptors (Lipinski definition) is 5. The molecule has 0 radical (unpaired) electrons. The summed E-state index contributed by atoms with van der Waals surface area (Å²) in [5.74, 6) is 0.448. The lowest BCUT2D eigenvalue weighted by molar-refractivity contribution is 0.0998. The zero-order chi connectivity index (χ0) is 24.0. The molecule has 3 aromatic rings. The number of nitrogens with one attached hydrogen (secondary N) is 1. The van der Waals surface area contributed by atoms with E-state index in [1.807, 2.05) is 13.8 Å². The van der Waals surface area contributed by atoms with Gasteiger partial charge in [-0.25, -0.2) is 8.42 Å². The van der Waals surface area contributed by atoms with Crippen LogP contribution in [-0.2, 0) is 10.0 Å². The van der Waals surface area contributed by atoms with Gasteiger partial charge in [-0.05, 0) is 62.2 Å². The minimum atomic E-state index is -3.64. The molecule has 0 saturated carbocycles. The summed E-state index contributed by atoms with van der Waals surface area (Å²) in [6.07, 6.45) is 3.46. The summed E-state index contributed by atoms with van der Waals surface area (Å²) in [6, 6.07) is 11.8. The Morgan fingerprint density at radius 1 is 1.03 bits per heavy atom. The lowest BCUT2D eigenvalue weighted by atomic mass is 10.1. The van der Waals surface area contributed by atoms with E-state index in [1.165, 1.54) is 0 Å². The maximum atomic E-state index is 13.3. The van der Waals surface area contributed by atoms with Gasteiger partial charge in [0.2, 0.25) is 10.0 Å². The molecule has 1 N–H and O–H groups in total. The molecule has 0 unspecified atom stereocenters. The fourth-order valence-corrected chi connectivity index (χ4v) is 5.15. The molecule has 2 aromatic carbocycles. The number of hydrogen-bond donors (Lipinski definition) is 1. The topological polar surface area (TPSA) is 88.9 Å². The number of furan rings is 1. The van der Waals surface area contributed by atoms with Gasteiger partial charge in [0, 0.05) is 29.7 Å². The van der Waals surface area contributed by atoms with E-state index in [2.05, 4.69) is 5.32 Å². The molecule has 8 heteroatoms. The highest BCUT2D eigenvalue weighted by Gasteiger charge is 2.26. The van der Waals surface area contributed by atoms with Crippen LogP contribution < -0.4 is 10.1 Å². The van der Waals surface area contributed by atoms with Crippen LogP contribution in [0.4, 0.5) is 5.69 Å². The van der Waals surface area contributed by atoms with Crippen molar-refractivity contribution in [3.05, 3.63) is 53.8 Å². The standard InChI is InChI=1S/C25H32N2O5S/c1-5-7-15-27(16-8-6-2)33(29,30)21-13-14-23-22(17-21)18(3)24(32-23)25(28)26-19-9-11-20(31-4)12-10-19/h9-14,17H,5-8,15-16H2,1-4H3,(H,26,28). The Balaban J connectivity index is 1.90. The molecule has 0 bridgehead atoms. The Morgan fingerprint density at radius 2 is 1.67 bits per heavy atom. The van der Waals surface area contributed by atoms with Crippen molar-refractivity contribution in [3.63, 3.8) is 0 Å². The van der Waals surface area contributed by atoms with E-state index in [0.717, 1.165) is 25.7 Å². The summed E-state index contributed by atoms with van der Waals surface area (Å²) in [7, 11) is -2.06. The predicted octanol–water partition coefficient (Wildman–Crippen LogP) is 5.59. The number of carbonyl (C=O) groups excluding carboxylic acids is 1. The van der Waals surface area contributed by atoms with Crippen LogP contribution in [0.1, 0.15) is 55.6 Å². The molecule has 1 amide bonds. The second kappa shape index (κ2) is 10.9. The highest BCUT2D eigenvalue weighted by molar-refractivity contribution is 7.89. The fourth-order valence-electron chi connectivity index (χ4n) is 3.61. The SMILES string of the molecule is CCCCN(CCCC)S(=O)(=O)c1ccc2oc(C(=O)Nc3ccc(OC)cc3)c(C)c2c1. The second-order valence-electron chi connectivity index (χ2n) is 8.01. The highest BCUT2D eigenvalue weighted by Crippen LogP contribution is 2.30. The van der Waals surface area contributed by atoms with Crippen LogP contribution in [0, 0.1) is 6.92 Å². The number of benzene rings is 2. The zero-order valence-corrected chi connectivity index (χ0v) is 20.5. The van der Waals surface area contributed by atoms with Crippen molar-refractivity contribution in [3.8, 4) is 5.75 Å². The highest BCUT2D eigenvalue weighted by atomic mass is 32.2. The Hall–Kier alpha value is -2.84.